The fraction of sp³-hybridized carbons (Fsp3) is 0.276. The molecule has 0 unspecified atom stereocenters. The number of hydrogen-bond donors (Lipinski definition) is 1. The van der Waals surface area contributed by atoms with Gasteiger partial charge in [0, 0.05) is 18.1 Å². The van der Waals surface area contributed by atoms with Gasteiger partial charge in [0.05, 0.1) is 13.2 Å². The highest BCUT2D eigenvalue weighted by molar-refractivity contribution is 5.81. The number of esters is 1. The molecule has 0 saturated heterocycles. The van der Waals surface area contributed by atoms with E-state index >= 15 is 4.39 Å². The van der Waals surface area contributed by atoms with Gasteiger partial charge in [-0.1, -0.05) is 80.9 Å². The van der Waals surface area contributed by atoms with Crippen LogP contribution in [0.25, 0.3) is 22.3 Å². The van der Waals surface area contributed by atoms with Crippen molar-refractivity contribution in [2.45, 2.75) is 45.6 Å². The highest BCUT2D eigenvalue weighted by atomic mass is 19.1. The Morgan fingerprint density at radius 1 is 0.939 bits per heavy atom. The van der Waals surface area contributed by atoms with Crippen molar-refractivity contribution in [1.29, 1.82) is 0 Å². The van der Waals surface area contributed by atoms with Gasteiger partial charge in [0.2, 0.25) is 0 Å². The van der Waals surface area contributed by atoms with E-state index in [1.807, 2.05) is 24.3 Å². The Labute approximate surface area is 195 Å². The first-order chi connectivity index (χ1) is 16.0. The third-order valence-corrected chi connectivity index (χ3v) is 5.75. The zero-order valence-corrected chi connectivity index (χ0v) is 19.1. The van der Waals surface area contributed by atoms with Crippen LogP contribution < -0.4 is 0 Å². The third-order valence-electron chi connectivity index (χ3n) is 5.75. The molecule has 0 heterocycles. The zero-order valence-electron chi connectivity index (χ0n) is 19.1. The lowest BCUT2D eigenvalue weighted by Gasteiger charge is -2.14. The average molecular weight is 447 g/mol. The molecule has 172 valence electrons. The van der Waals surface area contributed by atoms with E-state index in [1.165, 1.54) is 12.0 Å². The first-order valence-corrected chi connectivity index (χ1v) is 11.5. The third kappa shape index (κ3) is 6.62. The van der Waals surface area contributed by atoms with Crippen molar-refractivity contribution in [2.75, 3.05) is 6.61 Å². The summed E-state index contributed by atoms with van der Waals surface area (Å²) in [5.74, 6) is -0.751. The van der Waals surface area contributed by atoms with Crippen LogP contribution in [-0.2, 0) is 29.0 Å². The lowest BCUT2D eigenvalue weighted by atomic mass is 9.92. The second-order valence-corrected chi connectivity index (χ2v) is 8.12. The maximum absolute atomic E-state index is 15.1. The Morgan fingerprint density at radius 2 is 1.64 bits per heavy atom. The second-order valence-electron chi connectivity index (χ2n) is 8.12. The summed E-state index contributed by atoms with van der Waals surface area (Å²) in [5, 5.41) is 9.22. The molecule has 0 radical (unpaired) electrons. The predicted octanol–water partition coefficient (Wildman–Crippen LogP) is 6.66. The molecular weight excluding hydrogens is 415 g/mol. The number of carbonyl (C=O) groups is 1. The van der Waals surface area contributed by atoms with E-state index in [1.54, 1.807) is 24.3 Å². The summed E-state index contributed by atoms with van der Waals surface area (Å²) in [5.41, 5.74) is 6.05. The fourth-order valence-electron chi connectivity index (χ4n) is 3.90. The number of aliphatic hydroxyl groups is 1. The molecule has 0 saturated carbocycles. The van der Waals surface area contributed by atoms with Crippen LogP contribution in [0.15, 0.2) is 73.3 Å². The smallest absolute Gasteiger partial charge is 0.330 e. The molecule has 0 atom stereocenters. The molecule has 3 nitrogen and oxygen atoms in total. The van der Waals surface area contributed by atoms with Gasteiger partial charge in [-0.05, 0) is 52.3 Å². The van der Waals surface area contributed by atoms with Gasteiger partial charge >= 0.3 is 5.97 Å². The Kier molecular flexibility index (Phi) is 8.96. The van der Waals surface area contributed by atoms with Crippen LogP contribution in [0.5, 0.6) is 0 Å². The van der Waals surface area contributed by atoms with Gasteiger partial charge in [0.1, 0.15) is 5.82 Å². The van der Waals surface area contributed by atoms with Gasteiger partial charge in [-0.2, -0.15) is 0 Å². The first kappa shape index (κ1) is 24.4. The molecule has 3 rings (SSSR count). The van der Waals surface area contributed by atoms with E-state index in [0.29, 0.717) is 12.0 Å². The van der Waals surface area contributed by atoms with E-state index in [-0.39, 0.29) is 19.0 Å². The van der Waals surface area contributed by atoms with E-state index in [9.17, 15) is 9.90 Å². The van der Waals surface area contributed by atoms with Crippen molar-refractivity contribution in [3.63, 3.8) is 0 Å². The van der Waals surface area contributed by atoms with Gasteiger partial charge in [-0.3, -0.25) is 0 Å². The summed E-state index contributed by atoms with van der Waals surface area (Å²) in [6.07, 6.45) is 6.16. The molecule has 3 aromatic carbocycles. The Morgan fingerprint density at radius 3 is 2.30 bits per heavy atom. The maximum atomic E-state index is 15.1. The molecule has 0 aliphatic carbocycles. The van der Waals surface area contributed by atoms with E-state index < -0.39 is 5.97 Å². The molecule has 0 spiro atoms. The topological polar surface area (TPSA) is 46.5 Å². The summed E-state index contributed by atoms with van der Waals surface area (Å²) in [7, 11) is 0. The van der Waals surface area contributed by atoms with Crippen molar-refractivity contribution in [3.05, 3.63) is 95.8 Å². The number of aliphatic hydroxyl groups excluding tert-OH is 1. The average Bonchev–Trinajstić information content (AvgIpc) is 2.84. The van der Waals surface area contributed by atoms with Crippen LogP contribution in [0.1, 0.15) is 42.9 Å². The molecule has 3 aromatic rings. The zero-order chi connectivity index (χ0) is 23.6. The molecular formula is C29H31FO3. The molecule has 0 bridgehead atoms. The van der Waals surface area contributed by atoms with Crippen molar-refractivity contribution < 1.29 is 19.0 Å². The highest BCUT2D eigenvalue weighted by Crippen LogP contribution is 2.31. The summed E-state index contributed by atoms with van der Waals surface area (Å²) in [4.78, 5) is 11.5. The molecule has 0 fully saturated rings. The van der Waals surface area contributed by atoms with Crippen LogP contribution in [-0.4, -0.2) is 17.7 Å². The number of halogens is 1. The monoisotopic (exact) mass is 446 g/mol. The Bertz CT molecular complexity index is 1090. The van der Waals surface area contributed by atoms with Crippen LogP contribution in [0.2, 0.25) is 0 Å². The van der Waals surface area contributed by atoms with Gasteiger partial charge in [0.25, 0.3) is 0 Å². The molecule has 0 aliphatic rings. The lowest BCUT2D eigenvalue weighted by Crippen LogP contribution is -2.06. The fourth-order valence-corrected chi connectivity index (χ4v) is 3.90. The van der Waals surface area contributed by atoms with Gasteiger partial charge in [-0.25, -0.2) is 9.18 Å². The van der Waals surface area contributed by atoms with Crippen molar-refractivity contribution in [1.82, 2.24) is 0 Å². The van der Waals surface area contributed by atoms with E-state index in [4.69, 9.17) is 4.74 Å². The molecule has 0 aromatic heterocycles. The molecule has 0 aliphatic heterocycles. The lowest BCUT2D eigenvalue weighted by molar-refractivity contribution is -0.137. The number of rotatable bonds is 11. The van der Waals surface area contributed by atoms with E-state index in [0.717, 1.165) is 53.2 Å². The Balaban J connectivity index is 1.89. The maximum Gasteiger partial charge on any atom is 0.330 e. The van der Waals surface area contributed by atoms with Gasteiger partial charge in [-0.15, -0.1) is 0 Å². The number of hydrogen-bond acceptors (Lipinski definition) is 3. The quantitative estimate of drug-likeness (QED) is 0.204. The number of ether oxygens (including phenoxy) is 1. The Hall–Kier alpha value is -3.24. The van der Waals surface area contributed by atoms with Crippen molar-refractivity contribution in [2.24, 2.45) is 0 Å². The van der Waals surface area contributed by atoms with Crippen LogP contribution in [0.3, 0.4) is 0 Å². The summed E-state index contributed by atoms with van der Waals surface area (Å²) < 4.78 is 20.3. The number of unbranched alkanes of at least 4 members (excludes halogenated alkanes) is 2. The minimum absolute atomic E-state index is 0.0406. The van der Waals surface area contributed by atoms with Crippen molar-refractivity contribution in [3.8, 4) is 22.3 Å². The van der Waals surface area contributed by atoms with Crippen LogP contribution in [0, 0.1) is 5.82 Å². The predicted molar refractivity (Wildman–Crippen MR) is 131 cm³/mol. The molecule has 33 heavy (non-hydrogen) atoms. The minimum Gasteiger partial charge on any atom is -0.462 e. The van der Waals surface area contributed by atoms with Gasteiger partial charge < -0.3 is 9.84 Å². The van der Waals surface area contributed by atoms with Crippen molar-refractivity contribution >= 4 is 5.97 Å². The molecule has 1 N–H and O–H groups in total. The summed E-state index contributed by atoms with van der Waals surface area (Å²) in [6, 6.07) is 18.8. The van der Waals surface area contributed by atoms with Gasteiger partial charge in [0.15, 0.2) is 0 Å². The van der Waals surface area contributed by atoms with Crippen LogP contribution >= 0.6 is 0 Å². The summed E-state index contributed by atoms with van der Waals surface area (Å²) in [6.45, 7) is 5.82. The highest BCUT2D eigenvalue weighted by Gasteiger charge is 2.12. The normalized spacial score (nSPS) is 10.8. The van der Waals surface area contributed by atoms with E-state index in [2.05, 4.69) is 25.6 Å². The number of benzene rings is 3. The second kappa shape index (κ2) is 12.1. The molecule has 4 heteroatoms. The molecule has 0 amide bonds. The minimum atomic E-state index is -0.446. The van der Waals surface area contributed by atoms with Crippen LogP contribution in [0.4, 0.5) is 4.39 Å². The standard InChI is InChI=1S/C29H31FO3/c1-3-5-6-7-21-10-14-26(25(18-21)16-17-33-29(32)4-2)24-13-15-27(28(30)19-24)23-11-8-22(20-31)9-12-23/h4,8-15,18-19,31H,2-3,5-7,16-17,20H2,1H3. The first-order valence-electron chi connectivity index (χ1n) is 11.5. The SMILES string of the molecule is C=CC(=O)OCCc1cc(CCCCC)ccc1-c1ccc(-c2ccc(CO)cc2)c(F)c1. The largest absolute Gasteiger partial charge is 0.462 e. The summed E-state index contributed by atoms with van der Waals surface area (Å²) >= 11 is 0. The number of aryl methyl sites for hydroxylation is 1. The number of carbonyl (C=O) groups excluding carboxylic acids is 1.